The van der Waals surface area contributed by atoms with Gasteiger partial charge in [0.05, 0.1) is 34.9 Å². The molecule has 0 N–H and O–H groups in total. The number of fused-ring (bicyclic) bond motifs is 1. The first-order valence-corrected chi connectivity index (χ1v) is 14.4. The van der Waals surface area contributed by atoms with Crippen LogP contribution < -0.4 is 5.69 Å². The van der Waals surface area contributed by atoms with Gasteiger partial charge in [0, 0.05) is 44.6 Å². The van der Waals surface area contributed by atoms with Crippen LogP contribution in [0, 0.1) is 12.1 Å². The molecule has 2 aromatic heterocycles. The topological polar surface area (TPSA) is 66.6 Å². The minimum atomic E-state index is -3.12. The number of halogens is 2. The van der Waals surface area contributed by atoms with Gasteiger partial charge in [-0.25, -0.2) is 18.2 Å². The number of nitrogens with zero attached hydrogens (tertiary/aromatic N) is 6. The molecule has 217 valence electrons. The van der Waals surface area contributed by atoms with Gasteiger partial charge in [0.2, 0.25) is 0 Å². The summed E-state index contributed by atoms with van der Waals surface area (Å²) in [4.78, 5) is 16.2. The number of pyridine rings is 1. The molecule has 1 aliphatic carbocycles. The maximum absolute atomic E-state index is 15.0. The Hall–Kier alpha value is -3.24. The quantitative estimate of drug-likeness (QED) is 0.348. The molecular formula is C31H38F2N6O2+. The molecule has 41 heavy (non-hydrogen) atoms. The summed E-state index contributed by atoms with van der Waals surface area (Å²) in [7, 11) is 3.62. The molecule has 0 bridgehead atoms. The number of imidazole rings is 1. The van der Waals surface area contributed by atoms with Crippen LogP contribution >= 0.6 is 0 Å². The lowest BCUT2D eigenvalue weighted by molar-refractivity contribution is -0.489. The van der Waals surface area contributed by atoms with Gasteiger partial charge in [0.1, 0.15) is 0 Å². The highest BCUT2D eigenvalue weighted by molar-refractivity contribution is 5.59. The van der Waals surface area contributed by atoms with Crippen LogP contribution in [0.25, 0.3) is 11.2 Å². The van der Waals surface area contributed by atoms with Crippen LogP contribution in [0.4, 0.5) is 8.78 Å². The number of likely N-dealkylation sites (N-methyl/N-ethyl adjacent to an activating group) is 1. The zero-order valence-corrected chi connectivity index (χ0v) is 24.3. The zero-order valence-electron chi connectivity index (χ0n) is 24.3. The lowest BCUT2D eigenvalue weighted by Crippen LogP contribution is -2.51. The van der Waals surface area contributed by atoms with Crippen molar-refractivity contribution in [1.82, 2.24) is 13.9 Å². The Labute approximate surface area is 239 Å². The van der Waals surface area contributed by atoms with Crippen LogP contribution in [-0.4, -0.2) is 58.1 Å². The molecule has 3 aromatic rings. The first kappa shape index (κ1) is 27.9. The maximum atomic E-state index is 15.0. The van der Waals surface area contributed by atoms with E-state index < -0.39 is 11.3 Å². The van der Waals surface area contributed by atoms with Gasteiger partial charge >= 0.3 is 18.2 Å². The molecular weight excluding hydrogens is 526 g/mol. The van der Waals surface area contributed by atoms with Crippen molar-refractivity contribution < 1.29 is 18.1 Å². The number of likely N-dealkylation sites (tertiary alicyclic amines) is 1. The van der Waals surface area contributed by atoms with E-state index in [0.29, 0.717) is 11.6 Å². The Kier molecular flexibility index (Phi) is 6.97. The van der Waals surface area contributed by atoms with Crippen molar-refractivity contribution in [3.05, 3.63) is 76.1 Å². The Morgan fingerprint density at radius 2 is 2.00 bits per heavy atom. The molecule has 0 amide bonds. The maximum Gasteiger partial charge on any atom is 0.337 e. The summed E-state index contributed by atoms with van der Waals surface area (Å²) in [5, 5.41) is 8.52. The third-order valence-electron chi connectivity index (χ3n) is 9.28. The first-order chi connectivity index (χ1) is 19.5. The molecule has 4 heterocycles. The van der Waals surface area contributed by atoms with E-state index in [0.717, 1.165) is 56.6 Å². The van der Waals surface area contributed by atoms with E-state index in [1.165, 1.54) is 15.4 Å². The van der Waals surface area contributed by atoms with Gasteiger partial charge in [-0.05, 0) is 79.5 Å². The van der Waals surface area contributed by atoms with Gasteiger partial charge < -0.3 is 4.74 Å². The number of rotatable bonds is 7. The molecule has 0 spiro atoms. The molecule has 2 atom stereocenters. The lowest BCUT2D eigenvalue weighted by atomic mass is 9.60. The van der Waals surface area contributed by atoms with Crippen molar-refractivity contribution in [2.24, 2.45) is 16.1 Å². The first-order valence-electron chi connectivity index (χ1n) is 14.4. The summed E-state index contributed by atoms with van der Waals surface area (Å²) in [6.45, 7) is 6.99. The standard InChI is InChI=1S/C31H38F2N6O2/c1-20-8-7-11-37(16-20)21(2)22-12-26(30(3,32)33)27-18-38(29(40)39(27)17-22)24-10-6-9-23(13-24)31(14-25(15-31)41-5)28-35-34-19-36(28)4/h6,9-10,12-13,17-21,25H,7-8,11,14-16H2,1-5H3/q+1/t20-,21+,25?,31?/m0/s1. The monoisotopic (exact) mass is 564 g/mol. The number of ether oxygens (including phenoxy) is 1. The van der Waals surface area contributed by atoms with Crippen LogP contribution in [-0.2, 0) is 16.1 Å². The molecule has 1 aromatic carbocycles. The summed E-state index contributed by atoms with van der Waals surface area (Å²) in [6.07, 6.45) is 9.60. The molecule has 1 radical (unpaired) electrons. The van der Waals surface area contributed by atoms with Gasteiger partial charge in [-0.15, -0.1) is 0 Å². The Morgan fingerprint density at radius 3 is 2.66 bits per heavy atom. The van der Waals surface area contributed by atoms with E-state index in [1.54, 1.807) is 31.9 Å². The number of benzene rings is 1. The number of hydrogen-bond acceptors (Lipinski definition) is 5. The molecule has 0 unspecified atom stereocenters. The third-order valence-corrected chi connectivity index (χ3v) is 9.28. The Bertz CT molecular complexity index is 1580. The average molecular weight is 565 g/mol. The average Bonchev–Trinajstić information content (AvgIpc) is 3.50. The normalized spacial score (nSPS) is 26.4. The SMILES string of the molecule is COC1CC([C]2N=NC=[N+]2C)(c2cccc(-n3cc4c(C(C)(F)F)cc([C@@H](C)N5CCC[C@H](C)C5)cn4c3=O)c2)C1. The van der Waals surface area contributed by atoms with Crippen LogP contribution in [0.5, 0.6) is 0 Å². The van der Waals surface area contributed by atoms with Gasteiger partial charge in [0.25, 0.3) is 5.92 Å². The van der Waals surface area contributed by atoms with Crippen LogP contribution in [0.15, 0.2) is 57.7 Å². The lowest BCUT2D eigenvalue weighted by Gasteiger charge is -2.46. The number of hydrogen-bond donors (Lipinski definition) is 0. The number of aromatic nitrogens is 2. The predicted molar refractivity (Wildman–Crippen MR) is 153 cm³/mol. The largest absolute Gasteiger partial charge is 0.381 e. The summed E-state index contributed by atoms with van der Waals surface area (Å²) >= 11 is 0. The fourth-order valence-electron chi connectivity index (χ4n) is 6.86. The van der Waals surface area contributed by atoms with E-state index in [9.17, 15) is 4.79 Å². The van der Waals surface area contributed by atoms with Crippen molar-refractivity contribution in [2.75, 3.05) is 27.2 Å². The molecule has 2 aliphatic heterocycles. The highest BCUT2D eigenvalue weighted by atomic mass is 19.3. The molecule has 6 rings (SSSR count). The van der Waals surface area contributed by atoms with E-state index >= 15 is 8.78 Å². The summed E-state index contributed by atoms with van der Waals surface area (Å²) < 4.78 is 40.5. The Balaban J connectivity index is 1.44. The Morgan fingerprint density at radius 1 is 1.22 bits per heavy atom. The third kappa shape index (κ3) is 4.74. The van der Waals surface area contributed by atoms with Crippen LogP contribution in [0.1, 0.15) is 69.2 Å². The minimum absolute atomic E-state index is 0.0829. The van der Waals surface area contributed by atoms with Crippen molar-refractivity contribution in [3.63, 3.8) is 0 Å². The zero-order chi connectivity index (χ0) is 29.1. The van der Waals surface area contributed by atoms with E-state index in [1.807, 2.05) is 42.8 Å². The molecule has 10 heteroatoms. The molecule has 1 saturated heterocycles. The molecule has 3 aliphatic rings. The van der Waals surface area contributed by atoms with Gasteiger partial charge in [-0.1, -0.05) is 19.1 Å². The van der Waals surface area contributed by atoms with E-state index in [2.05, 4.69) is 22.1 Å². The highest BCUT2D eigenvalue weighted by Crippen LogP contribution is 2.53. The van der Waals surface area contributed by atoms with Crippen LogP contribution in [0.3, 0.4) is 0 Å². The van der Waals surface area contributed by atoms with E-state index in [-0.39, 0.29) is 28.9 Å². The number of methoxy groups -OCH3 is 1. The van der Waals surface area contributed by atoms with Crippen molar-refractivity contribution in [3.8, 4) is 5.69 Å². The predicted octanol–water partition coefficient (Wildman–Crippen LogP) is 5.67. The summed E-state index contributed by atoms with van der Waals surface area (Å²) in [6, 6.07) is 9.23. The number of piperidine rings is 1. The van der Waals surface area contributed by atoms with Gasteiger partial charge in [-0.3, -0.25) is 13.9 Å². The smallest absolute Gasteiger partial charge is 0.337 e. The van der Waals surface area contributed by atoms with Crippen molar-refractivity contribution in [2.45, 2.75) is 69.9 Å². The second kappa shape index (κ2) is 10.2. The van der Waals surface area contributed by atoms with E-state index in [4.69, 9.17) is 4.74 Å². The van der Waals surface area contributed by atoms with Gasteiger partial charge in [-0.2, -0.15) is 0 Å². The van der Waals surface area contributed by atoms with Crippen molar-refractivity contribution in [1.29, 1.82) is 0 Å². The second-order valence-electron chi connectivity index (χ2n) is 12.2. The van der Waals surface area contributed by atoms with Crippen LogP contribution in [0.2, 0.25) is 0 Å². The second-order valence-corrected chi connectivity index (χ2v) is 12.2. The number of alkyl halides is 2. The van der Waals surface area contributed by atoms with Crippen molar-refractivity contribution >= 4 is 11.9 Å². The molecule has 8 nitrogen and oxygen atoms in total. The minimum Gasteiger partial charge on any atom is -0.381 e. The fourth-order valence-corrected chi connectivity index (χ4v) is 6.86. The highest BCUT2D eigenvalue weighted by Gasteiger charge is 2.58. The summed E-state index contributed by atoms with van der Waals surface area (Å²) in [5.41, 5.74) is 1.59. The summed E-state index contributed by atoms with van der Waals surface area (Å²) in [5.74, 6) is -2.56. The molecule has 1 saturated carbocycles. The number of azo groups is 1. The van der Waals surface area contributed by atoms with Gasteiger partial charge in [0.15, 0.2) is 0 Å². The fraction of sp³-hybridized carbons (Fsp3) is 0.516. The molecule has 2 fully saturated rings.